The van der Waals surface area contributed by atoms with E-state index in [-0.39, 0.29) is 19.0 Å². The van der Waals surface area contributed by atoms with Crippen molar-refractivity contribution in [2.45, 2.75) is 27.7 Å². The fraction of sp³-hybridized carbons (Fsp3) is 0.333. The average molecular weight is 315 g/mol. The van der Waals surface area contributed by atoms with Gasteiger partial charge in [0, 0.05) is 11.3 Å². The molecule has 23 heavy (non-hydrogen) atoms. The molecule has 0 bridgehead atoms. The minimum Gasteiger partial charge on any atom is -0.485 e. The third kappa shape index (κ3) is 3.80. The molecule has 1 heterocycles. The van der Waals surface area contributed by atoms with Crippen LogP contribution in [-0.4, -0.2) is 30.0 Å². The number of Topliss-reactive ketones (excluding diaryl/α,β-unsaturated/α-hetero) is 1. The van der Waals surface area contributed by atoms with E-state index in [4.69, 9.17) is 9.47 Å². The van der Waals surface area contributed by atoms with Gasteiger partial charge in [-0.15, -0.1) is 0 Å². The van der Waals surface area contributed by atoms with Crippen molar-refractivity contribution in [1.29, 1.82) is 0 Å². The number of hydrogen-bond donors (Lipinski definition) is 1. The highest BCUT2D eigenvalue weighted by Crippen LogP contribution is 2.20. The molecule has 0 aliphatic carbocycles. The van der Waals surface area contributed by atoms with Gasteiger partial charge in [0.1, 0.15) is 11.4 Å². The third-order valence-corrected chi connectivity index (χ3v) is 3.56. The highest BCUT2D eigenvalue weighted by Gasteiger charge is 2.22. The monoisotopic (exact) mass is 315 g/mol. The number of nitrogens with one attached hydrogen (secondary N) is 1. The highest BCUT2D eigenvalue weighted by molar-refractivity contribution is 6.03. The van der Waals surface area contributed by atoms with E-state index in [1.165, 1.54) is 0 Å². The number of carbonyl (C=O) groups excluding carboxylic acids is 2. The SMILES string of the molecule is CCOC(=O)c1[nH]c(C)c(C(=O)COc2cccc(C)c2)c1C. The zero-order valence-electron chi connectivity index (χ0n) is 13.9. The molecule has 5 nitrogen and oxygen atoms in total. The van der Waals surface area contributed by atoms with Crippen LogP contribution in [0.25, 0.3) is 0 Å². The first-order valence-electron chi connectivity index (χ1n) is 7.53. The van der Waals surface area contributed by atoms with Crippen LogP contribution in [0.4, 0.5) is 0 Å². The third-order valence-electron chi connectivity index (χ3n) is 3.56. The molecule has 0 unspecified atom stereocenters. The van der Waals surface area contributed by atoms with Gasteiger partial charge in [0.2, 0.25) is 5.78 Å². The van der Waals surface area contributed by atoms with E-state index in [1.54, 1.807) is 26.8 Å². The van der Waals surface area contributed by atoms with Gasteiger partial charge in [-0.05, 0) is 51.0 Å². The summed E-state index contributed by atoms with van der Waals surface area (Å²) >= 11 is 0. The molecule has 1 aromatic heterocycles. The Morgan fingerprint density at radius 2 is 1.91 bits per heavy atom. The van der Waals surface area contributed by atoms with E-state index in [0.29, 0.717) is 28.3 Å². The second kappa shape index (κ2) is 7.13. The molecule has 5 heteroatoms. The smallest absolute Gasteiger partial charge is 0.355 e. The number of carbonyl (C=O) groups is 2. The van der Waals surface area contributed by atoms with Gasteiger partial charge < -0.3 is 14.5 Å². The van der Waals surface area contributed by atoms with Crippen LogP contribution in [0.15, 0.2) is 24.3 Å². The molecule has 0 saturated heterocycles. The standard InChI is InChI=1S/C18H21NO4/c1-5-22-18(21)17-12(3)16(13(4)19-17)15(20)10-23-14-8-6-7-11(2)9-14/h6-9,19H,5,10H2,1-4H3. The second-order valence-corrected chi connectivity index (χ2v) is 5.37. The zero-order valence-corrected chi connectivity index (χ0v) is 13.9. The van der Waals surface area contributed by atoms with Gasteiger partial charge in [0.15, 0.2) is 6.61 Å². The quantitative estimate of drug-likeness (QED) is 0.655. The summed E-state index contributed by atoms with van der Waals surface area (Å²) in [6.45, 7) is 7.40. The molecule has 0 aliphatic rings. The van der Waals surface area contributed by atoms with Crippen molar-refractivity contribution in [3.05, 3.63) is 52.3 Å². The summed E-state index contributed by atoms with van der Waals surface area (Å²) in [6, 6.07) is 7.51. The Labute approximate surface area is 135 Å². The van der Waals surface area contributed by atoms with E-state index in [9.17, 15) is 9.59 Å². The van der Waals surface area contributed by atoms with Crippen molar-refractivity contribution in [2.75, 3.05) is 13.2 Å². The number of H-pyrrole nitrogens is 1. The Kier molecular flexibility index (Phi) is 5.21. The molecule has 0 fully saturated rings. The van der Waals surface area contributed by atoms with Gasteiger partial charge in [-0.2, -0.15) is 0 Å². The molecule has 0 amide bonds. The lowest BCUT2D eigenvalue weighted by Crippen LogP contribution is -2.13. The molecular weight excluding hydrogens is 294 g/mol. The fourth-order valence-electron chi connectivity index (χ4n) is 2.50. The maximum Gasteiger partial charge on any atom is 0.355 e. The topological polar surface area (TPSA) is 68.4 Å². The van der Waals surface area contributed by atoms with Gasteiger partial charge in [-0.25, -0.2) is 4.79 Å². The zero-order chi connectivity index (χ0) is 17.0. The Morgan fingerprint density at radius 3 is 2.57 bits per heavy atom. The van der Waals surface area contributed by atoms with Crippen molar-refractivity contribution >= 4 is 11.8 Å². The van der Waals surface area contributed by atoms with Crippen LogP contribution in [0.1, 0.15) is 44.6 Å². The maximum absolute atomic E-state index is 12.4. The summed E-state index contributed by atoms with van der Waals surface area (Å²) in [5, 5.41) is 0. The largest absolute Gasteiger partial charge is 0.485 e. The van der Waals surface area contributed by atoms with Crippen LogP contribution >= 0.6 is 0 Å². The van der Waals surface area contributed by atoms with Crippen LogP contribution < -0.4 is 4.74 Å². The predicted octanol–water partition coefficient (Wildman–Crippen LogP) is 3.38. The van der Waals surface area contributed by atoms with Crippen LogP contribution in [0.3, 0.4) is 0 Å². The van der Waals surface area contributed by atoms with Crippen LogP contribution in [0, 0.1) is 20.8 Å². The average Bonchev–Trinajstić information content (AvgIpc) is 2.80. The first kappa shape index (κ1) is 16.8. The van der Waals surface area contributed by atoms with Crippen LogP contribution in [0.2, 0.25) is 0 Å². The Balaban J connectivity index is 2.15. The molecule has 0 atom stereocenters. The Morgan fingerprint density at radius 1 is 1.17 bits per heavy atom. The van der Waals surface area contributed by atoms with Gasteiger partial charge >= 0.3 is 5.97 Å². The number of benzene rings is 1. The molecule has 2 aromatic rings. The lowest BCUT2D eigenvalue weighted by Gasteiger charge is -2.07. The van der Waals surface area contributed by atoms with E-state index in [0.717, 1.165) is 5.56 Å². The summed E-state index contributed by atoms with van der Waals surface area (Å²) in [5.74, 6) is 0.0230. The Hall–Kier alpha value is -2.56. The molecule has 0 saturated carbocycles. The number of aromatic amines is 1. The van der Waals surface area contributed by atoms with Crippen molar-refractivity contribution in [1.82, 2.24) is 4.98 Å². The maximum atomic E-state index is 12.4. The van der Waals surface area contributed by atoms with Crippen molar-refractivity contribution in [3.63, 3.8) is 0 Å². The van der Waals surface area contributed by atoms with Gasteiger partial charge in [-0.3, -0.25) is 4.79 Å². The molecule has 122 valence electrons. The Bertz CT molecular complexity index is 731. The number of ether oxygens (including phenoxy) is 2. The van der Waals surface area contributed by atoms with Crippen LogP contribution in [0.5, 0.6) is 5.75 Å². The highest BCUT2D eigenvalue weighted by atomic mass is 16.5. The van der Waals surface area contributed by atoms with E-state index >= 15 is 0 Å². The van der Waals surface area contributed by atoms with Crippen molar-refractivity contribution in [2.24, 2.45) is 0 Å². The minimum atomic E-state index is -0.452. The van der Waals surface area contributed by atoms with E-state index < -0.39 is 5.97 Å². The molecular formula is C18H21NO4. The van der Waals surface area contributed by atoms with E-state index in [1.807, 2.05) is 25.1 Å². The normalized spacial score (nSPS) is 10.4. The summed E-state index contributed by atoms with van der Waals surface area (Å²) in [4.78, 5) is 27.3. The number of rotatable bonds is 6. The van der Waals surface area contributed by atoms with Crippen molar-refractivity contribution < 1.29 is 19.1 Å². The lowest BCUT2D eigenvalue weighted by atomic mass is 10.1. The molecule has 1 N–H and O–H groups in total. The first-order chi connectivity index (χ1) is 10.9. The number of hydrogen-bond acceptors (Lipinski definition) is 4. The number of ketones is 1. The number of aryl methyl sites for hydroxylation is 2. The lowest BCUT2D eigenvalue weighted by molar-refractivity contribution is 0.0519. The minimum absolute atomic E-state index is 0.0781. The summed E-state index contributed by atoms with van der Waals surface area (Å²) < 4.78 is 10.5. The summed E-state index contributed by atoms with van der Waals surface area (Å²) in [7, 11) is 0. The summed E-state index contributed by atoms with van der Waals surface area (Å²) in [5.41, 5.74) is 3.11. The van der Waals surface area contributed by atoms with Crippen molar-refractivity contribution in [3.8, 4) is 5.75 Å². The molecule has 2 rings (SSSR count). The first-order valence-corrected chi connectivity index (χ1v) is 7.53. The number of aromatic nitrogens is 1. The molecule has 0 radical (unpaired) electrons. The molecule has 1 aromatic carbocycles. The van der Waals surface area contributed by atoms with Crippen LogP contribution in [-0.2, 0) is 4.74 Å². The molecule has 0 aliphatic heterocycles. The van der Waals surface area contributed by atoms with Gasteiger partial charge in [0.05, 0.1) is 6.61 Å². The predicted molar refractivity (Wildman–Crippen MR) is 87.2 cm³/mol. The van der Waals surface area contributed by atoms with Gasteiger partial charge in [0.25, 0.3) is 0 Å². The van der Waals surface area contributed by atoms with Gasteiger partial charge in [-0.1, -0.05) is 12.1 Å². The molecule has 0 spiro atoms. The second-order valence-electron chi connectivity index (χ2n) is 5.37. The summed E-state index contributed by atoms with van der Waals surface area (Å²) in [6.07, 6.45) is 0. The fourth-order valence-corrected chi connectivity index (χ4v) is 2.50. The van der Waals surface area contributed by atoms with E-state index in [2.05, 4.69) is 4.98 Å². The number of esters is 1.